The van der Waals surface area contributed by atoms with E-state index in [0.717, 1.165) is 15.7 Å². The molecule has 1 unspecified atom stereocenters. The second kappa shape index (κ2) is 10.9. The molecule has 10 heteroatoms. The van der Waals surface area contributed by atoms with Gasteiger partial charge in [0.15, 0.2) is 4.80 Å². The molecule has 0 radical (unpaired) electrons. The van der Waals surface area contributed by atoms with E-state index in [9.17, 15) is 9.59 Å². The fourth-order valence-electron chi connectivity index (χ4n) is 4.27. The number of halogens is 1. The van der Waals surface area contributed by atoms with E-state index in [1.807, 2.05) is 43.3 Å². The van der Waals surface area contributed by atoms with Gasteiger partial charge in [0.05, 0.1) is 42.3 Å². The van der Waals surface area contributed by atoms with Crippen molar-refractivity contribution in [3.05, 3.63) is 83.0 Å². The van der Waals surface area contributed by atoms with Crippen molar-refractivity contribution in [3.8, 4) is 11.5 Å². The van der Waals surface area contributed by atoms with Crippen molar-refractivity contribution in [2.75, 3.05) is 39.8 Å². The summed E-state index contributed by atoms with van der Waals surface area (Å²) < 4.78 is 19.4. The predicted octanol–water partition coefficient (Wildman–Crippen LogP) is 3.64. The summed E-state index contributed by atoms with van der Waals surface area (Å²) in [5.74, 6) is 0.554. The molecule has 1 aromatic heterocycles. The maximum absolute atomic E-state index is 13.9. The van der Waals surface area contributed by atoms with E-state index in [4.69, 9.17) is 14.2 Å². The SMILES string of the molecule is CCOC(=O)C1=C(C)N=c2s/c(=C\c3ccc(N(C)C)c(Br)c3)c(=O)n2C1c1cc(OC)ccc1OC. The van der Waals surface area contributed by atoms with Crippen LogP contribution in [0.3, 0.4) is 0 Å². The van der Waals surface area contributed by atoms with Crippen LogP contribution in [-0.2, 0) is 9.53 Å². The van der Waals surface area contributed by atoms with Gasteiger partial charge in [0.2, 0.25) is 0 Å². The minimum Gasteiger partial charge on any atom is -0.497 e. The van der Waals surface area contributed by atoms with Crippen LogP contribution in [0, 0.1) is 0 Å². The lowest BCUT2D eigenvalue weighted by Gasteiger charge is -2.26. The highest BCUT2D eigenvalue weighted by atomic mass is 79.9. The topological polar surface area (TPSA) is 82.4 Å². The van der Waals surface area contributed by atoms with Gasteiger partial charge in [-0.2, -0.15) is 0 Å². The Morgan fingerprint density at radius 3 is 2.57 bits per heavy atom. The number of esters is 1. The summed E-state index contributed by atoms with van der Waals surface area (Å²) in [5.41, 5.74) is 2.99. The molecular formula is C27H28BrN3O5S. The first-order valence-corrected chi connectivity index (χ1v) is 13.2. The summed E-state index contributed by atoms with van der Waals surface area (Å²) in [7, 11) is 7.04. The van der Waals surface area contributed by atoms with Gasteiger partial charge in [-0.05, 0) is 71.7 Å². The lowest BCUT2D eigenvalue weighted by Crippen LogP contribution is -2.40. The number of carbonyl (C=O) groups excluding carboxylic acids is 1. The molecule has 194 valence electrons. The van der Waals surface area contributed by atoms with E-state index in [1.165, 1.54) is 15.9 Å². The number of carbonyl (C=O) groups is 1. The third kappa shape index (κ3) is 5.08. The number of ether oxygens (including phenoxy) is 3. The monoisotopic (exact) mass is 585 g/mol. The highest BCUT2D eigenvalue weighted by molar-refractivity contribution is 9.10. The molecule has 1 atom stereocenters. The molecule has 1 aliphatic rings. The summed E-state index contributed by atoms with van der Waals surface area (Å²) in [4.78, 5) is 34.1. The first-order valence-electron chi connectivity index (χ1n) is 11.6. The number of aromatic nitrogens is 1. The zero-order valence-electron chi connectivity index (χ0n) is 21.5. The van der Waals surface area contributed by atoms with Crippen LogP contribution in [0.4, 0.5) is 5.69 Å². The van der Waals surface area contributed by atoms with Gasteiger partial charge < -0.3 is 19.1 Å². The highest BCUT2D eigenvalue weighted by Gasteiger charge is 2.35. The van der Waals surface area contributed by atoms with Crippen molar-refractivity contribution in [1.82, 2.24) is 4.57 Å². The van der Waals surface area contributed by atoms with Crippen LogP contribution >= 0.6 is 27.3 Å². The van der Waals surface area contributed by atoms with Crippen LogP contribution in [0.1, 0.15) is 31.0 Å². The normalized spacial score (nSPS) is 15.2. The standard InChI is InChI=1S/C27H28BrN3O5S/c1-7-36-26(33)23-15(2)29-27-31(24(23)18-14-17(34-5)9-11-21(18)35-6)25(32)22(37-27)13-16-8-10-20(30(3)4)19(28)12-16/h8-14,24H,7H2,1-6H3/b22-13-. The molecule has 0 amide bonds. The smallest absolute Gasteiger partial charge is 0.338 e. The van der Waals surface area contributed by atoms with Crippen LogP contribution in [0.5, 0.6) is 11.5 Å². The number of benzene rings is 2. The lowest BCUT2D eigenvalue weighted by atomic mass is 9.94. The number of rotatable bonds is 7. The minimum absolute atomic E-state index is 0.194. The van der Waals surface area contributed by atoms with Crippen LogP contribution in [0.15, 0.2) is 61.9 Å². The average molecular weight is 587 g/mol. The number of nitrogens with zero attached hydrogens (tertiary/aromatic N) is 3. The van der Waals surface area contributed by atoms with Gasteiger partial charge in [0.25, 0.3) is 5.56 Å². The fraction of sp³-hybridized carbons (Fsp3) is 0.296. The first kappa shape index (κ1) is 26.7. The van der Waals surface area contributed by atoms with Crippen LogP contribution in [0.25, 0.3) is 6.08 Å². The molecule has 0 fully saturated rings. The van der Waals surface area contributed by atoms with Crippen LogP contribution in [0.2, 0.25) is 0 Å². The number of methoxy groups -OCH3 is 2. The number of thiazole rings is 1. The predicted molar refractivity (Wildman–Crippen MR) is 148 cm³/mol. The third-order valence-electron chi connectivity index (χ3n) is 6.00. The molecule has 3 aromatic rings. The largest absolute Gasteiger partial charge is 0.497 e. The fourth-order valence-corrected chi connectivity index (χ4v) is 6.06. The average Bonchev–Trinajstić information content (AvgIpc) is 3.16. The van der Waals surface area contributed by atoms with E-state index in [1.54, 1.807) is 46.3 Å². The maximum atomic E-state index is 13.9. The molecule has 4 rings (SSSR count). The van der Waals surface area contributed by atoms with Gasteiger partial charge in [0.1, 0.15) is 17.5 Å². The van der Waals surface area contributed by atoms with Crippen molar-refractivity contribution in [2.45, 2.75) is 19.9 Å². The van der Waals surface area contributed by atoms with E-state index in [-0.39, 0.29) is 17.7 Å². The molecule has 0 aliphatic carbocycles. The Morgan fingerprint density at radius 2 is 1.95 bits per heavy atom. The van der Waals surface area contributed by atoms with Crippen LogP contribution < -0.4 is 29.3 Å². The second-order valence-corrected chi connectivity index (χ2v) is 10.4. The van der Waals surface area contributed by atoms with E-state index < -0.39 is 12.0 Å². The number of allylic oxidation sites excluding steroid dienone is 1. The third-order valence-corrected chi connectivity index (χ3v) is 7.62. The van der Waals surface area contributed by atoms with Gasteiger partial charge in [-0.15, -0.1) is 0 Å². The van der Waals surface area contributed by atoms with Crippen molar-refractivity contribution in [3.63, 3.8) is 0 Å². The first-order chi connectivity index (χ1) is 17.7. The Labute approximate surface area is 227 Å². The molecule has 37 heavy (non-hydrogen) atoms. The summed E-state index contributed by atoms with van der Waals surface area (Å²) >= 11 is 4.88. The highest BCUT2D eigenvalue weighted by Crippen LogP contribution is 2.37. The zero-order valence-corrected chi connectivity index (χ0v) is 23.9. The Kier molecular flexibility index (Phi) is 7.89. The molecule has 2 heterocycles. The van der Waals surface area contributed by atoms with Gasteiger partial charge in [-0.1, -0.05) is 17.4 Å². The van der Waals surface area contributed by atoms with Gasteiger partial charge in [-0.3, -0.25) is 9.36 Å². The second-order valence-electron chi connectivity index (χ2n) is 8.52. The van der Waals surface area contributed by atoms with E-state index >= 15 is 0 Å². The molecule has 0 bridgehead atoms. The van der Waals surface area contributed by atoms with Gasteiger partial charge in [-0.25, -0.2) is 9.79 Å². The van der Waals surface area contributed by atoms with Gasteiger partial charge in [0, 0.05) is 24.1 Å². The van der Waals surface area contributed by atoms with Crippen LogP contribution in [-0.4, -0.2) is 45.5 Å². The molecule has 0 saturated heterocycles. The van der Waals surface area contributed by atoms with Crippen molar-refractivity contribution in [2.24, 2.45) is 4.99 Å². The molecule has 0 saturated carbocycles. The summed E-state index contributed by atoms with van der Waals surface area (Å²) in [6.07, 6.45) is 1.83. The number of hydrogen-bond donors (Lipinski definition) is 0. The number of anilines is 1. The zero-order chi connectivity index (χ0) is 26.9. The van der Waals surface area contributed by atoms with Crippen molar-refractivity contribution in [1.29, 1.82) is 0 Å². The Bertz CT molecular complexity index is 1570. The Hall–Kier alpha value is -3.37. The lowest BCUT2D eigenvalue weighted by molar-refractivity contribution is -0.139. The Morgan fingerprint density at radius 1 is 1.19 bits per heavy atom. The maximum Gasteiger partial charge on any atom is 0.338 e. The number of hydrogen-bond acceptors (Lipinski definition) is 8. The summed E-state index contributed by atoms with van der Waals surface area (Å²) in [6, 6.07) is 10.4. The van der Waals surface area contributed by atoms with Crippen molar-refractivity contribution >= 4 is 45.0 Å². The Balaban J connectivity index is 1.98. The molecule has 8 nitrogen and oxygen atoms in total. The summed E-state index contributed by atoms with van der Waals surface area (Å²) in [6.45, 7) is 3.68. The van der Waals surface area contributed by atoms with Crippen molar-refractivity contribution < 1.29 is 19.0 Å². The quantitative estimate of drug-likeness (QED) is 0.394. The molecule has 1 aliphatic heterocycles. The van der Waals surface area contributed by atoms with E-state index in [0.29, 0.717) is 32.1 Å². The molecule has 0 N–H and O–H groups in total. The van der Waals surface area contributed by atoms with Gasteiger partial charge >= 0.3 is 5.97 Å². The molecule has 0 spiro atoms. The number of fused-ring (bicyclic) bond motifs is 1. The molecular weight excluding hydrogens is 558 g/mol. The summed E-state index contributed by atoms with van der Waals surface area (Å²) in [5, 5.41) is 0. The molecule has 2 aromatic carbocycles. The minimum atomic E-state index is -0.801. The van der Waals surface area contributed by atoms with E-state index in [2.05, 4.69) is 20.9 Å².